The molecule has 142 valence electrons. The Balaban J connectivity index is 1.38. The average molecular weight is 365 g/mol. The zero-order chi connectivity index (χ0) is 18.8. The van der Waals surface area contributed by atoms with Crippen molar-refractivity contribution in [2.45, 2.75) is 46.1 Å². The van der Waals surface area contributed by atoms with Crippen LogP contribution in [0.1, 0.15) is 30.7 Å². The first-order valence-electron chi connectivity index (χ1n) is 9.57. The fraction of sp³-hybridized carbons (Fsp3) is 0.429. The maximum absolute atomic E-state index is 5.82. The Morgan fingerprint density at radius 2 is 1.81 bits per heavy atom. The van der Waals surface area contributed by atoms with Crippen molar-refractivity contribution in [2.24, 2.45) is 0 Å². The first-order chi connectivity index (χ1) is 13.1. The third kappa shape index (κ3) is 4.28. The normalized spacial score (nSPS) is 20.9. The molecule has 1 aliphatic heterocycles. The van der Waals surface area contributed by atoms with Gasteiger partial charge in [-0.05, 0) is 38.0 Å². The second-order valence-electron chi connectivity index (χ2n) is 7.51. The maximum Gasteiger partial charge on any atom is 0.152 e. The van der Waals surface area contributed by atoms with Crippen LogP contribution in [0, 0.1) is 6.92 Å². The van der Waals surface area contributed by atoms with Gasteiger partial charge in [-0.2, -0.15) is 5.10 Å². The highest BCUT2D eigenvalue weighted by atomic mass is 16.5. The van der Waals surface area contributed by atoms with Crippen molar-refractivity contribution in [2.75, 3.05) is 18.4 Å². The molecule has 4 rings (SSSR count). The Morgan fingerprint density at radius 1 is 1.11 bits per heavy atom. The van der Waals surface area contributed by atoms with E-state index in [4.69, 9.17) is 4.74 Å². The molecule has 0 radical (unpaired) electrons. The molecule has 0 spiro atoms. The van der Waals surface area contributed by atoms with E-state index in [9.17, 15) is 0 Å². The van der Waals surface area contributed by atoms with Crippen LogP contribution in [0.15, 0.2) is 42.7 Å². The molecule has 1 fully saturated rings. The quantitative estimate of drug-likeness (QED) is 0.752. The van der Waals surface area contributed by atoms with Crippen LogP contribution in [-0.4, -0.2) is 44.8 Å². The van der Waals surface area contributed by atoms with Crippen LogP contribution >= 0.6 is 0 Å². The highest BCUT2D eigenvalue weighted by Crippen LogP contribution is 2.17. The molecule has 3 heterocycles. The Kier molecular flexibility index (Phi) is 5.09. The Hall–Kier alpha value is -2.44. The van der Waals surface area contributed by atoms with E-state index in [2.05, 4.69) is 58.4 Å². The minimum Gasteiger partial charge on any atom is -0.373 e. The summed E-state index contributed by atoms with van der Waals surface area (Å²) in [5.41, 5.74) is 4.57. The first-order valence-corrected chi connectivity index (χ1v) is 9.57. The summed E-state index contributed by atoms with van der Waals surface area (Å²) in [7, 11) is 0. The van der Waals surface area contributed by atoms with Crippen LogP contribution < -0.4 is 5.32 Å². The number of anilines is 1. The summed E-state index contributed by atoms with van der Waals surface area (Å²) < 4.78 is 7.68. The summed E-state index contributed by atoms with van der Waals surface area (Å²) in [6, 6.07) is 10.9. The molecular formula is C21H27N5O. The van der Waals surface area contributed by atoms with E-state index in [-0.39, 0.29) is 0 Å². The number of morpholine rings is 1. The number of fused-ring (bicyclic) bond motifs is 1. The summed E-state index contributed by atoms with van der Waals surface area (Å²) in [6.07, 6.45) is 4.25. The summed E-state index contributed by atoms with van der Waals surface area (Å²) in [4.78, 5) is 6.92. The highest BCUT2D eigenvalue weighted by Gasteiger charge is 2.21. The van der Waals surface area contributed by atoms with Gasteiger partial charge in [0.25, 0.3) is 0 Å². The number of nitrogens with zero attached hydrogens (tertiary/aromatic N) is 4. The predicted octanol–water partition coefficient (Wildman–Crippen LogP) is 3.26. The third-order valence-electron chi connectivity index (χ3n) is 4.90. The Morgan fingerprint density at radius 3 is 2.56 bits per heavy atom. The Labute approximate surface area is 160 Å². The van der Waals surface area contributed by atoms with Gasteiger partial charge in [0, 0.05) is 38.6 Å². The Bertz CT molecular complexity index is 895. The molecule has 0 saturated carbocycles. The smallest absolute Gasteiger partial charge is 0.152 e. The van der Waals surface area contributed by atoms with E-state index in [0.29, 0.717) is 12.2 Å². The summed E-state index contributed by atoms with van der Waals surface area (Å²) in [6.45, 7) is 9.99. The lowest BCUT2D eigenvalue weighted by Crippen LogP contribution is -2.44. The van der Waals surface area contributed by atoms with Gasteiger partial charge in [0.2, 0.25) is 0 Å². The van der Waals surface area contributed by atoms with Crippen LogP contribution in [-0.2, 0) is 17.8 Å². The lowest BCUT2D eigenvalue weighted by molar-refractivity contribution is -0.0704. The van der Waals surface area contributed by atoms with Gasteiger partial charge in [0.05, 0.1) is 17.9 Å². The number of aromatic nitrogens is 3. The fourth-order valence-electron chi connectivity index (χ4n) is 3.80. The van der Waals surface area contributed by atoms with Gasteiger partial charge >= 0.3 is 0 Å². The van der Waals surface area contributed by atoms with Crippen molar-refractivity contribution in [1.29, 1.82) is 0 Å². The molecule has 0 bridgehead atoms. The molecule has 3 aromatic rings. The predicted molar refractivity (Wildman–Crippen MR) is 107 cm³/mol. The van der Waals surface area contributed by atoms with Gasteiger partial charge in [-0.3, -0.25) is 4.90 Å². The van der Waals surface area contributed by atoms with Gasteiger partial charge in [-0.1, -0.05) is 24.3 Å². The lowest BCUT2D eigenvalue weighted by atomic mass is 10.1. The van der Waals surface area contributed by atoms with Crippen molar-refractivity contribution in [3.05, 3.63) is 59.5 Å². The largest absolute Gasteiger partial charge is 0.373 e. The van der Waals surface area contributed by atoms with E-state index in [0.717, 1.165) is 43.2 Å². The van der Waals surface area contributed by atoms with Crippen LogP contribution in [0.4, 0.5) is 5.82 Å². The molecule has 1 aliphatic rings. The first kappa shape index (κ1) is 17.9. The number of aryl methyl sites for hydroxylation is 1. The number of nitrogens with one attached hydrogen (secondary N) is 1. The molecular weight excluding hydrogens is 338 g/mol. The monoisotopic (exact) mass is 365 g/mol. The van der Waals surface area contributed by atoms with Gasteiger partial charge in [-0.15, -0.1) is 0 Å². The summed E-state index contributed by atoms with van der Waals surface area (Å²) in [5.74, 6) is 0.860. The highest BCUT2D eigenvalue weighted by molar-refractivity contribution is 5.67. The molecule has 0 aliphatic carbocycles. The second-order valence-corrected chi connectivity index (χ2v) is 7.51. The molecule has 1 aromatic carbocycles. The number of benzene rings is 1. The van der Waals surface area contributed by atoms with Gasteiger partial charge < -0.3 is 10.1 Å². The minimum atomic E-state index is 0.305. The van der Waals surface area contributed by atoms with Gasteiger partial charge in [-0.25, -0.2) is 9.50 Å². The molecule has 6 nitrogen and oxygen atoms in total. The van der Waals surface area contributed by atoms with E-state index < -0.39 is 0 Å². The number of ether oxygens (including phenoxy) is 1. The number of hydrogen-bond acceptors (Lipinski definition) is 5. The SMILES string of the molecule is Cc1cc2c(NCc3ccc(CN4CC(C)OC(C)C4)cc3)nccn2n1. The van der Waals surface area contributed by atoms with E-state index in [1.807, 2.05) is 23.7 Å². The van der Waals surface area contributed by atoms with Gasteiger partial charge in [0.15, 0.2) is 5.82 Å². The van der Waals surface area contributed by atoms with E-state index in [1.165, 1.54) is 11.1 Å². The minimum absolute atomic E-state index is 0.305. The average Bonchev–Trinajstić information content (AvgIpc) is 3.01. The van der Waals surface area contributed by atoms with Crippen LogP contribution in [0.2, 0.25) is 0 Å². The van der Waals surface area contributed by atoms with E-state index >= 15 is 0 Å². The van der Waals surface area contributed by atoms with Gasteiger partial charge in [0.1, 0.15) is 5.52 Å². The van der Waals surface area contributed by atoms with Crippen molar-refractivity contribution in [1.82, 2.24) is 19.5 Å². The third-order valence-corrected chi connectivity index (χ3v) is 4.90. The van der Waals surface area contributed by atoms with Crippen LogP contribution in [0.25, 0.3) is 5.52 Å². The number of hydrogen-bond donors (Lipinski definition) is 1. The molecule has 6 heteroatoms. The van der Waals surface area contributed by atoms with Crippen LogP contribution in [0.5, 0.6) is 0 Å². The van der Waals surface area contributed by atoms with E-state index in [1.54, 1.807) is 6.20 Å². The topological polar surface area (TPSA) is 54.7 Å². The van der Waals surface area contributed by atoms with Crippen molar-refractivity contribution >= 4 is 11.3 Å². The molecule has 1 N–H and O–H groups in total. The lowest BCUT2D eigenvalue weighted by Gasteiger charge is -2.35. The molecule has 2 unspecified atom stereocenters. The zero-order valence-electron chi connectivity index (χ0n) is 16.2. The zero-order valence-corrected chi connectivity index (χ0v) is 16.2. The molecule has 1 saturated heterocycles. The van der Waals surface area contributed by atoms with Crippen molar-refractivity contribution < 1.29 is 4.74 Å². The second kappa shape index (κ2) is 7.66. The molecule has 27 heavy (non-hydrogen) atoms. The number of rotatable bonds is 5. The van der Waals surface area contributed by atoms with Crippen molar-refractivity contribution in [3.8, 4) is 0 Å². The molecule has 2 aromatic heterocycles. The van der Waals surface area contributed by atoms with Crippen molar-refractivity contribution in [3.63, 3.8) is 0 Å². The summed E-state index contributed by atoms with van der Waals surface area (Å²) in [5, 5.41) is 7.86. The van der Waals surface area contributed by atoms with Crippen LogP contribution in [0.3, 0.4) is 0 Å². The molecule has 2 atom stereocenters. The maximum atomic E-state index is 5.82. The standard InChI is InChI=1S/C21H27N5O/c1-15-10-20-21(22-8-9-26(20)24-15)23-11-18-4-6-19(7-5-18)14-25-12-16(2)27-17(3)13-25/h4-10,16-17H,11-14H2,1-3H3,(H,22,23). The summed E-state index contributed by atoms with van der Waals surface area (Å²) >= 11 is 0. The fourth-order valence-corrected chi connectivity index (χ4v) is 3.80. The molecule has 0 amide bonds.